The van der Waals surface area contributed by atoms with Crippen molar-refractivity contribution in [2.24, 2.45) is 5.92 Å². The third-order valence-electron chi connectivity index (χ3n) is 5.62. The van der Waals surface area contributed by atoms with Gasteiger partial charge in [0.2, 0.25) is 0 Å². The first-order chi connectivity index (χ1) is 13.1. The highest BCUT2D eigenvalue weighted by Crippen LogP contribution is 2.20. The summed E-state index contributed by atoms with van der Waals surface area (Å²) < 4.78 is 5.23. The number of carbonyl (C=O) groups excluding carboxylic acids is 1. The fraction of sp³-hybridized carbons (Fsp3) is 0.500. The molecule has 27 heavy (non-hydrogen) atoms. The lowest BCUT2D eigenvalue weighted by Crippen LogP contribution is -2.41. The second kappa shape index (κ2) is 9.09. The van der Waals surface area contributed by atoms with Gasteiger partial charge in [-0.25, -0.2) is 0 Å². The number of methoxy groups -OCH3 is 1. The molecule has 2 aromatic rings. The Balaban J connectivity index is 1.68. The van der Waals surface area contributed by atoms with Crippen LogP contribution in [0.15, 0.2) is 36.5 Å². The molecule has 0 radical (unpaired) electrons. The summed E-state index contributed by atoms with van der Waals surface area (Å²) in [5, 5.41) is 0. The van der Waals surface area contributed by atoms with Crippen LogP contribution in [0.3, 0.4) is 0 Å². The quantitative estimate of drug-likeness (QED) is 0.814. The first-order valence-electron chi connectivity index (χ1n) is 9.81. The molecule has 3 rings (SSSR count). The number of aromatic nitrogens is 1. The van der Waals surface area contributed by atoms with E-state index in [-0.39, 0.29) is 5.91 Å². The molecule has 5 nitrogen and oxygen atoms in total. The van der Waals surface area contributed by atoms with Crippen LogP contribution < -0.4 is 4.74 Å². The molecular weight excluding hydrogens is 338 g/mol. The van der Waals surface area contributed by atoms with Gasteiger partial charge in [0.1, 0.15) is 5.75 Å². The Kier molecular flexibility index (Phi) is 6.56. The lowest BCUT2D eigenvalue weighted by Gasteiger charge is -2.33. The molecule has 0 atom stereocenters. The summed E-state index contributed by atoms with van der Waals surface area (Å²) in [6.07, 6.45) is 5.02. The van der Waals surface area contributed by atoms with Crippen molar-refractivity contribution >= 4 is 5.91 Å². The van der Waals surface area contributed by atoms with Crippen molar-refractivity contribution in [3.8, 4) is 5.75 Å². The Morgan fingerprint density at radius 1 is 1.22 bits per heavy atom. The van der Waals surface area contributed by atoms with Gasteiger partial charge in [-0.15, -0.1) is 0 Å². The Morgan fingerprint density at radius 3 is 2.52 bits per heavy atom. The van der Waals surface area contributed by atoms with Crippen LogP contribution in [-0.2, 0) is 6.42 Å². The summed E-state index contributed by atoms with van der Waals surface area (Å²) in [5.41, 5.74) is 2.96. The number of nitrogens with one attached hydrogen (secondary N) is 1. The number of amides is 1. The first kappa shape index (κ1) is 19.5. The lowest BCUT2D eigenvalue weighted by molar-refractivity contribution is 0.0700. The Hall–Kier alpha value is -2.27. The van der Waals surface area contributed by atoms with Crippen LogP contribution in [0.4, 0.5) is 0 Å². The SMILES string of the molecule is COc1ccc(CCN(CC2CCN(C)CC2)C(=O)c2cc[nH]c2C)cc1. The van der Waals surface area contributed by atoms with Gasteiger partial charge in [-0.2, -0.15) is 0 Å². The van der Waals surface area contributed by atoms with E-state index in [1.165, 1.54) is 5.56 Å². The highest BCUT2D eigenvalue weighted by Gasteiger charge is 2.24. The highest BCUT2D eigenvalue weighted by atomic mass is 16.5. The molecule has 0 unspecified atom stereocenters. The van der Waals surface area contributed by atoms with E-state index in [1.54, 1.807) is 7.11 Å². The molecule has 0 saturated carbocycles. The largest absolute Gasteiger partial charge is 0.497 e. The van der Waals surface area contributed by atoms with E-state index >= 15 is 0 Å². The lowest BCUT2D eigenvalue weighted by atomic mass is 9.96. The van der Waals surface area contributed by atoms with Crippen LogP contribution in [0.2, 0.25) is 0 Å². The molecule has 1 aliphatic rings. The standard InChI is InChI=1S/C22H31N3O2/c1-17-21(8-12-23-17)22(26)25(16-19-9-13-24(2)14-10-19)15-11-18-4-6-20(27-3)7-5-18/h4-8,12,19,23H,9-11,13-16H2,1-3H3. The molecule has 1 aromatic carbocycles. The number of benzene rings is 1. The number of rotatable bonds is 7. The Morgan fingerprint density at radius 2 is 1.93 bits per heavy atom. The first-order valence-corrected chi connectivity index (χ1v) is 9.81. The summed E-state index contributed by atoms with van der Waals surface area (Å²) in [7, 11) is 3.85. The average Bonchev–Trinajstić information content (AvgIpc) is 3.12. The van der Waals surface area contributed by atoms with Crippen molar-refractivity contribution < 1.29 is 9.53 Å². The van der Waals surface area contributed by atoms with Crippen LogP contribution in [0.1, 0.15) is 34.5 Å². The number of likely N-dealkylation sites (tertiary alicyclic amines) is 1. The molecule has 0 aliphatic carbocycles. The summed E-state index contributed by atoms with van der Waals surface area (Å²) in [5.74, 6) is 1.59. The molecule has 0 bridgehead atoms. The maximum Gasteiger partial charge on any atom is 0.255 e. The van der Waals surface area contributed by atoms with Crippen molar-refractivity contribution in [1.82, 2.24) is 14.8 Å². The van der Waals surface area contributed by atoms with Crippen molar-refractivity contribution in [2.75, 3.05) is 40.3 Å². The number of piperidine rings is 1. The number of ether oxygens (including phenoxy) is 1. The van der Waals surface area contributed by atoms with Crippen molar-refractivity contribution in [3.63, 3.8) is 0 Å². The van der Waals surface area contributed by atoms with Gasteiger partial charge in [0.05, 0.1) is 12.7 Å². The number of carbonyl (C=O) groups is 1. The zero-order chi connectivity index (χ0) is 19.2. The summed E-state index contributed by atoms with van der Waals surface area (Å²) in [6, 6.07) is 10.0. The number of H-pyrrole nitrogens is 1. The number of hydrogen-bond acceptors (Lipinski definition) is 3. The van der Waals surface area contributed by atoms with Gasteiger partial charge < -0.3 is 19.5 Å². The minimum atomic E-state index is 0.140. The number of nitrogens with zero attached hydrogens (tertiary/aromatic N) is 2. The van der Waals surface area contributed by atoms with Gasteiger partial charge in [-0.1, -0.05) is 12.1 Å². The number of hydrogen-bond donors (Lipinski definition) is 1. The van der Waals surface area contributed by atoms with Crippen molar-refractivity contribution in [2.45, 2.75) is 26.2 Å². The van der Waals surface area contributed by atoms with Gasteiger partial charge in [0, 0.05) is 25.0 Å². The van der Waals surface area contributed by atoms with Gasteiger partial charge in [-0.3, -0.25) is 4.79 Å². The molecule has 146 valence electrons. The Bertz CT molecular complexity index is 730. The molecule has 1 N–H and O–H groups in total. The summed E-state index contributed by atoms with van der Waals surface area (Å²) in [4.78, 5) is 20.7. The van der Waals surface area contributed by atoms with E-state index < -0.39 is 0 Å². The normalized spacial score (nSPS) is 15.7. The van der Waals surface area contributed by atoms with Crippen LogP contribution in [0.25, 0.3) is 0 Å². The maximum atomic E-state index is 13.2. The van der Waals surface area contributed by atoms with Gasteiger partial charge >= 0.3 is 0 Å². The topological polar surface area (TPSA) is 48.6 Å². The van der Waals surface area contributed by atoms with Crippen LogP contribution in [0, 0.1) is 12.8 Å². The Labute approximate surface area is 162 Å². The van der Waals surface area contributed by atoms with Crippen molar-refractivity contribution in [1.29, 1.82) is 0 Å². The smallest absolute Gasteiger partial charge is 0.255 e. The highest BCUT2D eigenvalue weighted by molar-refractivity contribution is 5.95. The van der Waals surface area contributed by atoms with Crippen molar-refractivity contribution in [3.05, 3.63) is 53.3 Å². The molecule has 1 fully saturated rings. The molecule has 5 heteroatoms. The van der Waals surface area contributed by atoms with Gasteiger partial charge in [0.15, 0.2) is 0 Å². The third-order valence-corrected chi connectivity index (χ3v) is 5.62. The predicted molar refractivity (Wildman–Crippen MR) is 108 cm³/mol. The fourth-order valence-electron chi connectivity index (χ4n) is 3.74. The van der Waals surface area contributed by atoms with E-state index in [9.17, 15) is 4.79 Å². The van der Waals surface area contributed by atoms with E-state index in [0.717, 1.165) is 62.4 Å². The zero-order valence-corrected chi connectivity index (χ0v) is 16.7. The average molecular weight is 370 g/mol. The van der Waals surface area contributed by atoms with Crippen LogP contribution in [-0.4, -0.2) is 61.0 Å². The summed E-state index contributed by atoms with van der Waals surface area (Å²) >= 11 is 0. The molecular formula is C22H31N3O2. The van der Waals surface area contributed by atoms with E-state index in [2.05, 4.69) is 34.0 Å². The van der Waals surface area contributed by atoms with E-state index in [0.29, 0.717) is 5.92 Å². The van der Waals surface area contributed by atoms with E-state index in [4.69, 9.17) is 4.74 Å². The van der Waals surface area contributed by atoms with Crippen LogP contribution >= 0.6 is 0 Å². The monoisotopic (exact) mass is 369 g/mol. The maximum absolute atomic E-state index is 13.2. The van der Waals surface area contributed by atoms with Gasteiger partial charge in [0.25, 0.3) is 5.91 Å². The predicted octanol–water partition coefficient (Wildman–Crippen LogP) is 3.36. The molecule has 0 spiro atoms. The minimum absolute atomic E-state index is 0.140. The molecule has 1 aromatic heterocycles. The molecule has 1 amide bonds. The zero-order valence-electron chi connectivity index (χ0n) is 16.7. The van der Waals surface area contributed by atoms with Gasteiger partial charge in [-0.05, 0) is 76.0 Å². The minimum Gasteiger partial charge on any atom is -0.497 e. The van der Waals surface area contributed by atoms with Crippen LogP contribution in [0.5, 0.6) is 5.75 Å². The summed E-state index contributed by atoms with van der Waals surface area (Å²) in [6.45, 7) is 5.78. The second-order valence-corrected chi connectivity index (χ2v) is 7.61. The molecule has 1 saturated heterocycles. The number of aryl methyl sites for hydroxylation is 1. The molecule has 1 aliphatic heterocycles. The third kappa shape index (κ3) is 5.13. The fourth-order valence-corrected chi connectivity index (χ4v) is 3.74. The number of aromatic amines is 1. The van der Waals surface area contributed by atoms with E-state index in [1.807, 2.05) is 31.3 Å². The molecule has 2 heterocycles. The second-order valence-electron chi connectivity index (χ2n) is 7.61.